The summed E-state index contributed by atoms with van der Waals surface area (Å²) in [5.74, 6) is 2.06. The number of thioether (sulfide) groups is 1. The fourth-order valence-corrected chi connectivity index (χ4v) is 5.25. The molecule has 1 amide bonds. The molecule has 34 heavy (non-hydrogen) atoms. The highest BCUT2D eigenvalue weighted by Gasteiger charge is 2.27. The Kier molecular flexibility index (Phi) is 6.59. The SMILES string of the molecule is Cc1cccc(C)c1OCc1nnc(SCC(=O)Nc2nnc(C3CC3)s2)n1-c1ccccc1. The average molecular weight is 493 g/mol. The van der Waals surface area contributed by atoms with E-state index in [9.17, 15) is 4.79 Å². The first kappa shape index (κ1) is 22.5. The molecule has 1 saturated carbocycles. The lowest BCUT2D eigenvalue weighted by atomic mass is 10.1. The van der Waals surface area contributed by atoms with Gasteiger partial charge in [0.05, 0.1) is 5.75 Å². The van der Waals surface area contributed by atoms with Crippen LogP contribution in [-0.2, 0) is 11.4 Å². The van der Waals surface area contributed by atoms with Crippen LogP contribution in [0.2, 0.25) is 0 Å². The number of ether oxygens (including phenoxy) is 1. The van der Waals surface area contributed by atoms with Crippen molar-refractivity contribution >= 4 is 34.1 Å². The monoisotopic (exact) mass is 492 g/mol. The summed E-state index contributed by atoms with van der Waals surface area (Å²) in [6, 6.07) is 15.9. The summed E-state index contributed by atoms with van der Waals surface area (Å²) in [4.78, 5) is 12.5. The van der Waals surface area contributed by atoms with Crippen LogP contribution in [0.4, 0.5) is 5.13 Å². The molecule has 0 atom stereocenters. The minimum Gasteiger partial charge on any atom is -0.485 e. The van der Waals surface area contributed by atoms with Crippen LogP contribution < -0.4 is 10.1 Å². The number of nitrogens with one attached hydrogen (secondary N) is 1. The molecule has 0 aliphatic heterocycles. The molecule has 1 N–H and O–H groups in total. The lowest BCUT2D eigenvalue weighted by Gasteiger charge is -2.13. The maximum atomic E-state index is 12.5. The molecule has 5 rings (SSSR count). The highest BCUT2D eigenvalue weighted by atomic mass is 32.2. The third-order valence-electron chi connectivity index (χ3n) is 5.42. The quantitative estimate of drug-likeness (QED) is 0.331. The van der Waals surface area contributed by atoms with Crippen LogP contribution in [0.15, 0.2) is 53.7 Å². The topological polar surface area (TPSA) is 94.8 Å². The van der Waals surface area contributed by atoms with Gasteiger partial charge in [0.15, 0.2) is 11.0 Å². The van der Waals surface area contributed by atoms with Gasteiger partial charge >= 0.3 is 0 Å². The predicted molar refractivity (Wildman–Crippen MR) is 133 cm³/mol. The van der Waals surface area contributed by atoms with Gasteiger partial charge in [0.1, 0.15) is 17.4 Å². The van der Waals surface area contributed by atoms with E-state index in [4.69, 9.17) is 4.74 Å². The standard InChI is InChI=1S/C24H24N6O2S2/c1-15-7-6-8-16(2)21(15)32-13-19-26-29-24(30(19)18-9-4-3-5-10-18)33-14-20(31)25-23-28-27-22(34-23)17-11-12-17/h3-10,17H,11-14H2,1-2H3,(H,25,28,31). The fraction of sp³-hybridized carbons (Fsp3) is 0.292. The smallest absolute Gasteiger partial charge is 0.236 e. The van der Waals surface area contributed by atoms with E-state index in [1.54, 1.807) is 0 Å². The summed E-state index contributed by atoms with van der Waals surface area (Å²) in [6.07, 6.45) is 2.31. The first-order chi connectivity index (χ1) is 16.6. The predicted octanol–water partition coefficient (Wildman–Crippen LogP) is 4.92. The van der Waals surface area contributed by atoms with Crippen molar-refractivity contribution in [2.45, 2.75) is 44.4 Å². The van der Waals surface area contributed by atoms with Crippen molar-refractivity contribution in [2.75, 3.05) is 11.1 Å². The van der Waals surface area contributed by atoms with Crippen molar-refractivity contribution in [2.24, 2.45) is 0 Å². The van der Waals surface area contributed by atoms with Crippen LogP contribution in [0.25, 0.3) is 5.69 Å². The number of benzene rings is 2. The van der Waals surface area contributed by atoms with Crippen molar-refractivity contribution in [3.8, 4) is 11.4 Å². The van der Waals surface area contributed by atoms with E-state index in [1.165, 1.54) is 23.1 Å². The Bertz CT molecular complexity index is 1280. The number of carbonyl (C=O) groups is 1. The summed E-state index contributed by atoms with van der Waals surface area (Å²) < 4.78 is 8.07. The number of aryl methyl sites for hydroxylation is 2. The second kappa shape index (κ2) is 9.94. The molecule has 1 fully saturated rings. The Morgan fingerprint density at radius 2 is 1.82 bits per heavy atom. The number of hydrogen-bond acceptors (Lipinski definition) is 8. The van der Waals surface area contributed by atoms with Gasteiger partial charge in [-0.25, -0.2) is 0 Å². The summed E-state index contributed by atoms with van der Waals surface area (Å²) in [6.45, 7) is 4.31. The summed E-state index contributed by atoms with van der Waals surface area (Å²) in [7, 11) is 0. The third-order valence-corrected chi connectivity index (χ3v) is 7.35. The average Bonchev–Trinajstić information content (AvgIpc) is 3.45. The molecule has 2 aromatic carbocycles. The number of rotatable bonds is 9. The number of anilines is 1. The van der Waals surface area contributed by atoms with Crippen molar-refractivity contribution < 1.29 is 9.53 Å². The molecule has 174 valence electrons. The zero-order valence-electron chi connectivity index (χ0n) is 18.9. The largest absolute Gasteiger partial charge is 0.485 e. The van der Waals surface area contributed by atoms with Crippen molar-refractivity contribution in [3.63, 3.8) is 0 Å². The number of amides is 1. The van der Waals surface area contributed by atoms with Gasteiger partial charge in [-0.2, -0.15) is 0 Å². The number of nitrogens with zero attached hydrogens (tertiary/aromatic N) is 5. The van der Waals surface area contributed by atoms with Crippen LogP contribution in [0.3, 0.4) is 0 Å². The normalized spacial score (nSPS) is 13.1. The minimum atomic E-state index is -0.153. The molecule has 0 radical (unpaired) electrons. The van der Waals surface area contributed by atoms with Crippen LogP contribution in [0, 0.1) is 13.8 Å². The summed E-state index contributed by atoms with van der Waals surface area (Å²) in [5.41, 5.74) is 3.05. The van der Waals surface area contributed by atoms with Gasteiger partial charge in [0.2, 0.25) is 11.0 Å². The molecular formula is C24H24N6O2S2. The van der Waals surface area contributed by atoms with Crippen LogP contribution >= 0.6 is 23.1 Å². The molecule has 10 heteroatoms. The molecule has 1 aliphatic carbocycles. The third kappa shape index (κ3) is 5.13. The van der Waals surface area contributed by atoms with Gasteiger partial charge < -0.3 is 4.74 Å². The van der Waals surface area contributed by atoms with E-state index in [2.05, 4.69) is 25.7 Å². The van der Waals surface area contributed by atoms with Crippen LogP contribution in [-0.4, -0.2) is 36.6 Å². The molecule has 0 spiro atoms. The molecule has 1 aliphatic rings. The van der Waals surface area contributed by atoms with Crippen LogP contribution in [0.5, 0.6) is 5.75 Å². The Balaban J connectivity index is 1.30. The molecule has 0 bridgehead atoms. The molecule has 0 saturated heterocycles. The zero-order valence-corrected chi connectivity index (χ0v) is 20.5. The molecule has 0 unspecified atom stereocenters. The van der Waals surface area contributed by atoms with Crippen LogP contribution in [0.1, 0.15) is 40.7 Å². The first-order valence-electron chi connectivity index (χ1n) is 11.0. The Labute approximate surface area is 205 Å². The number of para-hydroxylation sites is 2. The van der Waals surface area contributed by atoms with Crippen molar-refractivity contribution in [3.05, 3.63) is 70.5 Å². The Hall–Kier alpha value is -3.24. The zero-order chi connectivity index (χ0) is 23.5. The minimum absolute atomic E-state index is 0.153. The van der Waals surface area contributed by atoms with Gasteiger partial charge in [-0.05, 0) is 49.9 Å². The second-order valence-corrected chi connectivity index (χ2v) is 10.1. The van der Waals surface area contributed by atoms with E-state index in [0.717, 1.165) is 40.4 Å². The van der Waals surface area contributed by atoms with Gasteiger partial charge in [0.25, 0.3) is 0 Å². The van der Waals surface area contributed by atoms with E-state index in [-0.39, 0.29) is 18.3 Å². The molecule has 8 nitrogen and oxygen atoms in total. The van der Waals surface area contributed by atoms with Gasteiger partial charge in [-0.15, -0.1) is 20.4 Å². The second-order valence-electron chi connectivity index (χ2n) is 8.14. The number of hydrogen-bond donors (Lipinski definition) is 1. The number of aromatic nitrogens is 5. The Morgan fingerprint density at radius 1 is 1.06 bits per heavy atom. The highest BCUT2D eigenvalue weighted by Crippen LogP contribution is 2.42. The fourth-order valence-electron chi connectivity index (χ4n) is 3.55. The van der Waals surface area contributed by atoms with Gasteiger partial charge in [-0.1, -0.05) is 59.5 Å². The van der Waals surface area contributed by atoms with Gasteiger partial charge in [-0.3, -0.25) is 14.7 Å². The molecule has 2 heterocycles. The summed E-state index contributed by atoms with van der Waals surface area (Å²) in [5, 5.41) is 22.0. The lowest BCUT2D eigenvalue weighted by molar-refractivity contribution is -0.113. The van der Waals surface area contributed by atoms with Gasteiger partial charge in [0, 0.05) is 11.6 Å². The summed E-state index contributed by atoms with van der Waals surface area (Å²) >= 11 is 2.77. The molecule has 2 aromatic heterocycles. The first-order valence-corrected chi connectivity index (χ1v) is 12.8. The maximum Gasteiger partial charge on any atom is 0.236 e. The van der Waals surface area contributed by atoms with E-state index >= 15 is 0 Å². The highest BCUT2D eigenvalue weighted by molar-refractivity contribution is 7.99. The maximum absolute atomic E-state index is 12.5. The lowest BCUT2D eigenvalue weighted by Crippen LogP contribution is -2.14. The Morgan fingerprint density at radius 3 is 2.56 bits per heavy atom. The molecule has 4 aromatic rings. The van der Waals surface area contributed by atoms with Crippen molar-refractivity contribution in [1.82, 2.24) is 25.0 Å². The van der Waals surface area contributed by atoms with E-state index in [1.807, 2.05) is 66.9 Å². The van der Waals surface area contributed by atoms with E-state index in [0.29, 0.717) is 22.0 Å². The number of carbonyl (C=O) groups excluding carboxylic acids is 1. The van der Waals surface area contributed by atoms with Crippen molar-refractivity contribution in [1.29, 1.82) is 0 Å². The van der Waals surface area contributed by atoms with E-state index < -0.39 is 0 Å². The molecular weight excluding hydrogens is 468 g/mol.